The van der Waals surface area contributed by atoms with Crippen molar-refractivity contribution in [3.63, 3.8) is 0 Å². The maximum absolute atomic E-state index is 12.7. The summed E-state index contributed by atoms with van der Waals surface area (Å²) in [6, 6.07) is 22.8. The summed E-state index contributed by atoms with van der Waals surface area (Å²) in [5, 5.41) is 0. The molecule has 0 heterocycles. The number of hydrogen-bond donors (Lipinski definition) is 0. The van der Waals surface area contributed by atoms with E-state index in [2.05, 4.69) is 0 Å². The molecule has 0 aliphatic carbocycles. The maximum atomic E-state index is 12.7. The van der Waals surface area contributed by atoms with E-state index in [0.717, 1.165) is 33.9 Å². The Morgan fingerprint density at radius 2 is 0.966 bits per heavy atom. The lowest BCUT2D eigenvalue weighted by molar-refractivity contribution is 0.0996. The molecule has 0 aliphatic heterocycles. The second-order valence-corrected chi connectivity index (χ2v) is 6.43. The Balaban J connectivity index is 1.90. The van der Waals surface area contributed by atoms with Crippen LogP contribution in [0.25, 0.3) is 5.57 Å². The summed E-state index contributed by atoms with van der Waals surface area (Å²) in [4.78, 5) is 12.7. The van der Waals surface area contributed by atoms with E-state index < -0.39 is 0 Å². The molecule has 0 saturated carbocycles. The van der Waals surface area contributed by atoms with Crippen molar-refractivity contribution in [2.75, 3.05) is 21.3 Å². The summed E-state index contributed by atoms with van der Waals surface area (Å²) in [6.07, 6.45) is 2.26. The molecule has 3 rings (SSSR count). The van der Waals surface area contributed by atoms with Gasteiger partial charge in [-0.3, -0.25) is 4.79 Å². The van der Waals surface area contributed by atoms with Crippen molar-refractivity contribution >= 4 is 11.4 Å². The number of benzene rings is 3. The van der Waals surface area contributed by atoms with Crippen LogP contribution in [0.1, 0.15) is 27.9 Å². The zero-order valence-electron chi connectivity index (χ0n) is 16.8. The predicted molar refractivity (Wildman–Crippen MR) is 115 cm³/mol. The van der Waals surface area contributed by atoms with Gasteiger partial charge in [-0.2, -0.15) is 0 Å². The molecule has 0 atom stereocenters. The molecule has 4 heteroatoms. The van der Waals surface area contributed by atoms with Gasteiger partial charge in [0.05, 0.1) is 21.3 Å². The number of allylic oxidation sites excluding steroid dienone is 1. The number of carbonyl (C=O) groups is 1. The van der Waals surface area contributed by atoms with E-state index in [0.29, 0.717) is 12.0 Å². The van der Waals surface area contributed by atoms with Gasteiger partial charge in [0.15, 0.2) is 5.78 Å². The summed E-state index contributed by atoms with van der Waals surface area (Å²) in [6.45, 7) is 0. The van der Waals surface area contributed by atoms with Crippen LogP contribution in [-0.2, 0) is 0 Å². The number of hydrogen-bond acceptors (Lipinski definition) is 4. The highest BCUT2D eigenvalue weighted by atomic mass is 16.5. The highest BCUT2D eigenvalue weighted by molar-refractivity contribution is 5.98. The van der Waals surface area contributed by atoms with Gasteiger partial charge in [0, 0.05) is 12.0 Å². The Morgan fingerprint density at radius 3 is 1.31 bits per heavy atom. The molecule has 0 unspecified atom stereocenters. The number of rotatable bonds is 8. The van der Waals surface area contributed by atoms with Gasteiger partial charge in [-0.1, -0.05) is 30.3 Å². The first kappa shape index (κ1) is 20.2. The minimum Gasteiger partial charge on any atom is -0.497 e. The van der Waals surface area contributed by atoms with Gasteiger partial charge in [0.1, 0.15) is 17.2 Å². The first-order valence-corrected chi connectivity index (χ1v) is 9.31. The predicted octanol–water partition coefficient (Wildman–Crippen LogP) is 5.42. The Morgan fingerprint density at radius 1 is 0.621 bits per heavy atom. The molecule has 0 N–H and O–H groups in total. The molecule has 0 bridgehead atoms. The van der Waals surface area contributed by atoms with Crippen molar-refractivity contribution in [1.29, 1.82) is 0 Å². The molecule has 0 aromatic heterocycles. The second kappa shape index (κ2) is 9.60. The fraction of sp³-hybridized carbons (Fsp3) is 0.160. The van der Waals surface area contributed by atoms with Crippen LogP contribution in [0.3, 0.4) is 0 Å². The molecule has 148 valence electrons. The standard InChI is InChI=1S/C25H24O4/c1-27-21-10-4-18(5-11-21)24(19-6-12-22(28-2)13-7-19)16-17-25(26)20-8-14-23(29-3)15-9-20/h4-16H,17H2,1-3H3. The van der Waals surface area contributed by atoms with E-state index >= 15 is 0 Å². The molecule has 0 radical (unpaired) electrons. The van der Waals surface area contributed by atoms with Crippen LogP contribution in [0, 0.1) is 0 Å². The van der Waals surface area contributed by atoms with Gasteiger partial charge >= 0.3 is 0 Å². The Hall–Kier alpha value is -3.53. The molecule has 0 saturated heterocycles. The lowest BCUT2D eigenvalue weighted by Gasteiger charge is -2.11. The van der Waals surface area contributed by atoms with Gasteiger partial charge in [-0.15, -0.1) is 0 Å². The summed E-state index contributed by atoms with van der Waals surface area (Å²) in [5.41, 5.74) is 3.67. The molecule has 3 aromatic rings. The van der Waals surface area contributed by atoms with Crippen LogP contribution in [-0.4, -0.2) is 27.1 Å². The Labute approximate surface area is 171 Å². The number of ketones is 1. The van der Waals surface area contributed by atoms with E-state index in [4.69, 9.17) is 14.2 Å². The second-order valence-electron chi connectivity index (χ2n) is 6.43. The molecule has 0 fully saturated rings. The normalized spacial score (nSPS) is 10.2. The van der Waals surface area contributed by atoms with Crippen molar-refractivity contribution in [3.8, 4) is 17.2 Å². The topological polar surface area (TPSA) is 44.8 Å². The highest BCUT2D eigenvalue weighted by Crippen LogP contribution is 2.28. The quantitative estimate of drug-likeness (QED) is 0.484. The molecule has 4 nitrogen and oxygen atoms in total. The number of methoxy groups -OCH3 is 3. The summed E-state index contributed by atoms with van der Waals surface area (Å²) >= 11 is 0. The molecule has 0 spiro atoms. The van der Waals surface area contributed by atoms with E-state index in [-0.39, 0.29) is 5.78 Å². The monoisotopic (exact) mass is 388 g/mol. The third kappa shape index (κ3) is 5.05. The van der Waals surface area contributed by atoms with Crippen molar-refractivity contribution < 1.29 is 19.0 Å². The van der Waals surface area contributed by atoms with Crippen LogP contribution in [0.4, 0.5) is 0 Å². The molecule has 0 amide bonds. The zero-order valence-corrected chi connectivity index (χ0v) is 16.8. The largest absolute Gasteiger partial charge is 0.497 e. The Bertz CT molecular complexity index is 919. The molecular weight excluding hydrogens is 364 g/mol. The number of ether oxygens (including phenoxy) is 3. The van der Waals surface area contributed by atoms with Gasteiger partial charge in [-0.25, -0.2) is 0 Å². The zero-order chi connectivity index (χ0) is 20.6. The van der Waals surface area contributed by atoms with Crippen LogP contribution in [0.15, 0.2) is 78.9 Å². The Kier molecular flexibility index (Phi) is 6.69. The average Bonchev–Trinajstić information content (AvgIpc) is 2.80. The van der Waals surface area contributed by atoms with Crippen molar-refractivity contribution in [1.82, 2.24) is 0 Å². The highest BCUT2D eigenvalue weighted by Gasteiger charge is 2.09. The molecule has 29 heavy (non-hydrogen) atoms. The fourth-order valence-corrected chi connectivity index (χ4v) is 3.03. The lowest BCUT2D eigenvalue weighted by Crippen LogP contribution is -1.98. The minimum absolute atomic E-state index is 0.0483. The number of Topliss-reactive ketones (excluding diaryl/α,β-unsaturated/α-hetero) is 1. The molecule has 3 aromatic carbocycles. The van der Waals surface area contributed by atoms with E-state index in [9.17, 15) is 4.79 Å². The van der Waals surface area contributed by atoms with Crippen molar-refractivity contribution in [2.45, 2.75) is 6.42 Å². The van der Waals surface area contributed by atoms with Crippen LogP contribution < -0.4 is 14.2 Å². The van der Waals surface area contributed by atoms with E-state index in [1.165, 1.54) is 0 Å². The van der Waals surface area contributed by atoms with Gasteiger partial charge < -0.3 is 14.2 Å². The SMILES string of the molecule is COc1ccc(C(=O)CC=C(c2ccc(OC)cc2)c2ccc(OC)cc2)cc1. The summed E-state index contributed by atoms with van der Waals surface area (Å²) < 4.78 is 15.7. The smallest absolute Gasteiger partial charge is 0.166 e. The third-order valence-corrected chi connectivity index (χ3v) is 4.71. The third-order valence-electron chi connectivity index (χ3n) is 4.71. The van der Waals surface area contributed by atoms with E-state index in [1.807, 2.05) is 54.6 Å². The minimum atomic E-state index is 0.0483. The van der Waals surface area contributed by atoms with E-state index in [1.54, 1.807) is 45.6 Å². The molecular formula is C25H24O4. The first-order valence-electron chi connectivity index (χ1n) is 9.31. The number of carbonyl (C=O) groups excluding carboxylic acids is 1. The summed E-state index contributed by atoms with van der Waals surface area (Å²) in [7, 11) is 4.89. The van der Waals surface area contributed by atoms with Gasteiger partial charge in [0.2, 0.25) is 0 Å². The lowest BCUT2D eigenvalue weighted by atomic mass is 9.95. The van der Waals surface area contributed by atoms with Crippen molar-refractivity contribution in [2.24, 2.45) is 0 Å². The molecule has 0 aliphatic rings. The fourth-order valence-electron chi connectivity index (χ4n) is 3.03. The van der Waals surface area contributed by atoms with Crippen LogP contribution in [0.5, 0.6) is 17.2 Å². The maximum Gasteiger partial charge on any atom is 0.166 e. The van der Waals surface area contributed by atoms with Gasteiger partial charge in [0.25, 0.3) is 0 Å². The van der Waals surface area contributed by atoms with Gasteiger partial charge in [-0.05, 0) is 65.2 Å². The summed E-state index contributed by atoms with van der Waals surface area (Å²) in [5.74, 6) is 2.36. The first-order chi connectivity index (χ1) is 14.1. The van der Waals surface area contributed by atoms with Crippen LogP contribution >= 0.6 is 0 Å². The van der Waals surface area contributed by atoms with Crippen molar-refractivity contribution in [3.05, 3.63) is 95.6 Å². The average molecular weight is 388 g/mol. The van der Waals surface area contributed by atoms with Crippen LogP contribution in [0.2, 0.25) is 0 Å².